The number of nitrogens with zero attached hydrogens (tertiary/aromatic N) is 1. The van der Waals surface area contributed by atoms with E-state index in [-0.39, 0.29) is 11.7 Å². The molecule has 1 aromatic carbocycles. The SMILES string of the molecule is CC(C)N(C)CCNC(=O)[C@H](N)Cc1ccc(O)cc1. The first-order valence-corrected chi connectivity index (χ1v) is 6.91. The van der Waals surface area contributed by atoms with E-state index in [0.29, 0.717) is 19.0 Å². The number of amides is 1. The van der Waals surface area contributed by atoms with Gasteiger partial charge in [0.05, 0.1) is 6.04 Å². The van der Waals surface area contributed by atoms with Gasteiger partial charge in [0, 0.05) is 19.1 Å². The van der Waals surface area contributed by atoms with Crippen LogP contribution in [0.25, 0.3) is 0 Å². The number of hydrogen-bond acceptors (Lipinski definition) is 4. The van der Waals surface area contributed by atoms with E-state index in [1.807, 2.05) is 7.05 Å². The van der Waals surface area contributed by atoms with Gasteiger partial charge in [-0.1, -0.05) is 12.1 Å². The zero-order valence-corrected chi connectivity index (χ0v) is 12.5. The topological polar surface area (TPSA) is 78.6 Å². The number of nitrogens with one attached hydrogen (secondary N) is 1. The monoisotopic (exact) mass is 279 g/mol. The highest BCUT2D eigenvalue weighted by atomic mass is 16.3. The number of carbonyl (C=O) groups is 1. The van der Waals surface area contributed by atoms with Crippen molar-refractivity contribution < 1.29 is 9.90 Å². The molecule has 0 aliphatic heterocycles. The number of benzene rings is 1. The summed E-state index contributed by atoms with van der Waals surface area (Å²) in [7, 11) is 2.02. The lowest BCUT2D eigenvalue weighted by Crippen LogP contribution is -2.44. The van der Waals surface area contributed by atoms with Gasteiger partial charge in [0.15, 0.2) is 0 Å². The number of phenolic OH excluding ortho intramolecular Hbond substituents is 1. The second-order valence-electron chi connectivity index (χ2n) is 5.34. The fourth-order valence-corrected chi connectivity index (χ4v) is 1.72. The van der Waals surface area contributed by atoms with Crippen molar-refractivity contribution in [2.75, 3.05) is 20.1 Å². The van der Waals surface area contributed by atoms with Crippen molar-refractivity contribution in [2.24, 2.45) is 5.73 Å². The summed E-state index contributed by atoms with van der Waals surface area (Å²) in [6.07, 6.45) is 0.464. The Bertz CT molecular complexity index is 418. The highest BCUT2D eigenvalue weighted by Gasteiger charge is 2.14. The number of phenols is 1. The number of aromatic hydroxyl groups is 1. The Labute approximate surface area is 120 Å². The van der Waals surface area contributed by atoms with E-state index in [2.05, 4.69) is 24.1 Å². The van der Waals surface area contributed by atoms with Crippen molar-refractivity contribution >= 4 is 5.91 Å². The first-order chi connectivity index (χ1) is 9.40. The molecule has 1 rings (SSSR count). The van der Waals surface area contributed by atoms with Crippen LogP contribution in [0.15, 0.2) is 24.3 Å². The lowest BCUT2D eigenvalue weighted by molar-refractivity contribution is -0.122. The number of carbonyl (C=O) groups excluding carboxylic acids is 1. The largest absolute Gasteiger partial charge is 0.508 e. The summed E-state index contributed by atoms with van der Waals surface area (Å²) < 4.78 is 0. The molecule has 0 radical (unpaired) electrons. The van der Waals surface area contributed by atoms with E-state index in [4.69, 9.17) is 5.73 Å². The fourth-order valence-electron chi connectivity index (χ4n) is 1.72. The van der Waals surface area contributed by atoms with E-state index in [1.165, 1.54) is 0 Å². The standard InChI is InChI=1S/C15H25N3O2/c1-11(2)18(3)9-8-17-15(20)14(16)10-12-4-6-13(19)7-5-12/h4-7,11,14,19H,8-10,16H2,1-3H3,(H,17,20)/t14-/m1/s1. The molecule has 0 fully saturated rings. The zero-order chi connectivity index (χ0) is 15.1. The van der Waals surface area contributed by atoms with Gasteiger partial charge in [-0.25, -0.2) is 0 Å². The number of rotatable bonds is 7. The van der Waals surface area contributed by atoms with E-state index < -0.39 is 6.04 Å². The van der Waals surface area contributed by atoms with Crippen LogP contribution in [-0.4, -0.2) is 48.1 Å². The van der Waals surface area contributed by atoms with Crippen LogP contribution in [0.5, 0.6) is 5.75 Å². The van der Waals surface area contributed by atoms with Crippen LogP contribution in [0, 0.1) is 0 Å². The minimum Gasteiger partial charge on any atom is -0.508 e. The minimum absolute atomic E-state index is 0.143. The summed E-state index contributed by atoms with van der Waals surface area (Å²) >= 11 is 0. The summed E-state index contributed by atoms with van der Waals surface area (Å²) in [5.74, 6) is 0.0683. The van der Waals surface area contributed by atoms with Crippen LogP contribution in [-0.2, 0) is 11.2 Å². The van der Waals surface area contributed by atoms with Crippen LogP contribution in [0.4, 0.5) is 0 Å². The van der Waals surface area contributed by atoms with Crippen molar-refractivity contribution in [3.63, 3.8) is 0 Å². The Morgan fingerprint density at radius 3 is 2.50 bits per heavy atom. The van der Waals surface area contributed by atoms with Gasteiger partial charge in [-0.2, -0.15) is 0 Å². The number of hydrogen-bond donors (Lipinski definition) is 3. The molecule has 112 valence electrons. The average molecular weight is 279 g/mol. The maximum absolute atomic E-state index is 11.9. The summed E-state index contributed by atoms with van der Waals surface area (Å²) in [4.78, 5) is 14.0. The first kappa shape index (κ1) is 16.5. The van der Waals surface area contributed by atoms with Gasteiger partial charge >= 0.3 is 0 Å². The van der Waals surface area contributed by atoms with Crippen LogP contribution < -0.4 is 11.1 Å². The zero-order valence-electron chi connectivity index (χ0n) is 12.5. The summed E-state index contributed by atoms with van der Waals surface area (Å²) in [5.41, 5.74) is 6.81. The molecule has 1 atom stereocenters. The molecule has 0 aliphatic carbocycles. The predicted molar refractivity (Wildman–Crippen MR) is 80.6 cm³/mol. The molecule has 0 unspecified atom stereocenters. The molecule has 1 amide bonds. The van der Waals surface area contributed by atoms with E-state index in [0.717, 1.165) is 12.1 Å². The van der Waals surface area contributed by atoms with E-state index in [9.17, 15) is 9.90 Å². The molecule has 5 nitrogen and oxygen atoms in total. The van der Waals surface area contributed by atoms with Gasteiger partial charge in [0.25, 0.3) is 0 Å². The average Bonchev–Trinajstić information content (AvgIpc) is 2.40. The van der Waals surface area contributed by atoms with Gasteiger partial charge in [-0.3, -0.25) is 4.79 Å². The third-order valence-corrected chi connectivity index (χ3v) is 3.37. The second kappa shape index (κ2) is 7.87. The van der Waals surface area contributed by atoms with Crippen LogP contribution in [0.2, 0.25) is 0 Å². The quantitative estimate of drug-likeness (QED) is 0.687. The maximum Gasteiger partial charge on any atom is 0.237 e. The smallest absolute Gasteiger partial charge is 0.237 e. The Kier molecular flexibility index (Phi) is 6.48. The third kappa shape index (κ3) is 5.59. The van der Waals surface area contributed by atoms with Gasteiger partial charge in [-0.05, 0) is 45.0 Å². The maximum atomic E-state index is 11.9. The highest BCUT2D eigenvalue weighted by Crippen LogP contribution is 2.10. The van der Waals surface area contributed by atoms with Crippen LogP contribution in [0.3, 0.4) is 0 Å². The Morgan fingerprint density at radius 2 is 1.95 bits per heavy atom. The molecular formula is C15H25N3O2. The van der Waals surface area contributed by atoms with Gasteiger partial charge < -0.3 is 21.1 Å². The van der Waals surface area contributed by atoms with Crippen molar-refractivity contribution in [2.45, 2.75) is 32.4 Å². The fraction of sp³-hybridized carbons (Fsp3) is 0.533. The van der Waals surface area contributed by atoms with Crippen molar-refractivity contribution in [3.05, 3.63) is 29.8 Å². The minimum atomic E-state index is -0.566. The molecule has 20 heavy (non-hydrogen) atoms. The van der Waals surface area contributed by atoms with Crippen LogP contribution in [0.1, 0.15) is 19.4 Å². The number of likely N-dealkylation sites (N-methyl/N-ethyl adjacent to an activating group) is 1. The lowest BCUT2D eigenvalue weighted by atomic mass is 10.1. The molecule has 0 saturated carbocycles. The lowest BCUT2D eigenvalue weighted by Gasteiger charge is -2.21. The van der Waals surface area contributed by atoms with Crippen molar-refractivity contribution in [1.82, 2.24) is 10.2 Å². The molecule has 0 aromatic heterocycles. The molecule has 1 aromatic rings. The van der Waals surface area contributed by atoms with E-state index in [1.54, 1.807) is 24.3 Å². The Balaban J connectivity index is 2.34. The highest BCUT2D eigenvalue weighted by molar-refractivity contribution is 5.81. The van der Waals surface area contributed by atoms with Crippen molar-refractivity contribution in [3.8, 4) is 5.75 Å². The molecule has 0 heterocycles. The van der Waals surface area contributed by atoms with Crippen molar-refractivity contribution in [1.29, 1.82) is 0 Å². The molecular weight excluding hydrogens is 254 g/mol. The summed E-state index contributed by atoms with van der Waals surface area (Å²) in [5, 5.41) is 12.0. The molecule has 0 saturated heterocycles. The molecule has 0 aliphatic rings. The molecule has 5 heteroatoms. The normalized spacial score (nSPS) is 12.7. The predicted octanol–water partition coefficient (Wildman–Crippen LogP) is 0.718. The third-order valence-electron chi connectivity index (χ3n) is 3.37. The second-order valence-corrected chi connectivity index (χ2v) is 5.34. The molecule has 4 N–H and O–H groups in total. The van der Waals surface area contributed by atoms with Crippen LogP contribution >= 0.6 is 0 Å². The molecule has 0 bridgehead atoms. The Morgan fingerprint density at radius 1 is 1.35 bits per heavy atom. The molecule has 0 spiro atoms. The van der Waals surface area contributed by atoms with Gasteiger partial charge in [0.1, 0.15) is 5.75 Å². The van der Waals surface area contributed by atoms with Gasteiger partial charge in [0.2, 0.25) is 5.91 Å². The summed E-state index contributed by atoms with van der Waals surface area (Å²) in [6.45, 7) is 5.61. The van der Waals surface area contributed by atoms with E-state index >= 15 is 0 Å². The Hall–Kier alpha value is -1.59. The summed E-state index contributed by atoms with van der Waals surface area (Å²) in [6, 6.07) is 6.63. The first-order valence-electron chi connectivity index (χ1n) is 6.91. The number of nitrogens with two attached hydrogens (primary N) is 1. The van der Waals surface area contributed by atoms with Gasteiger partial charge in [-0.15, -0.1) is 0 Å².